The minimum Gasteiger partial charge on any atom is -0.298 e. The van der Waals surface area contributed by atoms with E-state index in [0.29, 0.717) is 24.1 Å². The lowest BCUT2D eigenvalue weighted by molar-refractivity contribution is -0.125. The van der Waals surface area contributed by atoms with Crippen LogP contribution < -0.4 is 4.72 Å². The maximum atomic E-state index is 14.2. The van der Waals surface area contributed by atoms with Crippen LogP contribution in [-0.2, 0) is 33.1 Å². The van der Waals surface area contributed by atoms with E-state index in [0.717, 1.165) is 60.9 Å². The van der Waals surface area contributed by atoms with Gasteiger partial charge in [-0.1, -0.05) is 38.5 Å². The first-order valence-electron chi connectivity index (χ1n) is 12.0. The summed E-state index contributed by atoms with van der Waals surface area (Å²) in [6.45, 7) is 0. The number of benzene rings is 2. The largest absolute Gasteiger partial charge is 0.298 e. The van der Waals surface area contributed by atoms with Crippen molar-refractivity contribution >= 4 is 21.5 Å². The highest BCUT2D eigenvalue weighted by Crippen LogP contribution is 2.52. The Balaban J connectivity index is 1.49. The second kappa shape index (κ2) is 8.49. The number of aryl methyl sites for hydroxylation is 1. The molecule has 0 amide bonds. The third kappa shape index (κ3) is 4.09. The Morgan fingerprint density at radius 1 is 1.00 bits per heavy atom. The average molecular weight is 474 g/mol. The molecule has 4 nitrogen and oxygen atoms in total. The summed E-state index contributed by atoms with van der Waals surface area (Å²) in [5.41, 5.74) is 2.88. The van der Waals surface area contributed by atoms with Gasteiger partial charge >= 0.3 is 0 Å². The summed E-state index contributed by atoms with van der Waals surface area (Å²) >= 11 is 0. The number of hydrogen-bond acceptors (Lipinski definition) is 3. The van der Waals surface area contributed by atoms with Gasteiger partial charge in [0.2, 0.25) is 0 Å². The van der Waals surface area contributed by atoms with Gasteiger partial charge in [-0.25, -0.2) is 17.2 Å². The lowest BCUT2D eigenvalue weighted by atomic mass is 9.64. The van der Waals surface area contributed by atoms with Crippen molar-refractivity contribution in [2.24, 2.45) is 5.92 Å². The van der Waals surface area contributed by atoms with E-state index in [-0.39, 0.29) is 5.78 Å². The van der Waals surface area contributed by atoms with E-state index < -0.39 is 32.0 Å². The average Bonchev–Trinajstić information content (AvgIpc) is 3.04. The smallest absolute Gasteiger partial charge is 0.264 e. The van der Waals surface area contributed by atoms with Gasteiger partial charge in [0.1, 0.15) is 22.3 Å². The van der Waals surface area contributed by atoms with E-state index in [1.54, 1.807) is 6.07 Å². The molecule has 33 heavy (non-hydrogen) atoms. The zero-order valence-electron chi connectivity index (χ0n) is 18.6. The third-order valence-corrected chi connectivity index (χ3v) is 9.33. The van der Waals surface area contributed by atoms with E-state index >= 15 is 0 Å². The molecule has 3 aliphatic carbocycles. The minimum atomic E-state index is -4.25. The Labute approximate surface area is 193 Å². The van der Waals surface area contributed by atoms with Crippen molar-refractivity contribution in [3.8, 4) is 0 Å². The molecule has 5 rings (SSSR count). The molecule has 3 aliphatic rings. The fourth-order valence-electron chi connectivity index (χ4n) is 5.95. The summed E-state index contributed by atoms with van der Waals surface area (Å²) in [5, 5.41) is 0. The topological polar surface area (TPSA) is 63.2 Å². The Bertz CT molecular complexity index is 1200. The van der Waals surface area contributed by atoms with E-state index in [4.69, 9.17) is 0 Å². The minimum absolute atomic E-state index is 0.229. The number of carbonyl (C=O) groups is 1. The molecular weight excluding hydrogens is 444 g/mol. The quantitative estimate of drug-likeness (QED) is 0.575. The summed E-state index contributed by atoms with van der Waals surface area (Å²) in [4.78, 5) is 12.4. The molecule has 2 aromatic carbocycles. The summed E-state index contributed by atoms with van der Waals surface area (Å²) in [6, 6.07) is 6.00. The van der Waals surface area contributed by atoms with Gasteiger partial charge in [-0.05, 0) is 72.6 Å². The van der Waals surface area contributed by atoms with Crippen LogP contribution in [0.4, 0.5) is 14.5 Å². The predicted octanol–water partition coefficient (Wildman–Crippen LogP) is 5.83. The van der Waals surface area contributed by atoms with Crippen LogP contribution in [0.5, 0.6) is 0 Å². The Kier molecular flexibility index (Phi) is 5.79. The van der Waals surface area contributed by atoms with E-state index in [1.807, 2.05) is 6.07 Å². The number of carbonyl (C=O) groups excluding carboxylic acids is 1. The van der Waals surface area contributed by atoms with Crippen molar-refractivity contribution in [1.82, 2.24) is 0 Å². The van der Waals surface area contributed by atoms with Crippen LogP contribution >= 0.6 is 0 Å². The van der Waals surface area contributed by atoms with Crippen molar-refractivity contribution < 1.29 is 22.0 Å². The van der Waals surface area contributed by atoms with Gasteiger partial charge in [-0.15, -0.1) is 0 Å². The predicted molar refractivity (Wildman–Crippen MR) is 123 cm³/mol. The number of ketones is 1. The number of fused-ring (bicyclic) bond motifs is 2. The number of sulfonamides is 1. The molecule has 2 saturated carbocycles. The summed E-state index contributed by atoms with van der Waals surface area (Å²) in [6.07, 6.45) is 11.1. The molecule has 2 fully saturated rings. The van der Waals surface area contributed by atoms with Gasteiger partial charge in [0.25, 0.3) is 10.0 Å². The summed E-state index contributed by atoms with van der Waals surface area (Å²) in [7, 11) is -4.25. The van der Waals surface area contributed by atoms with E-state index in [9.17, 15) is 22.0 Å². The fraction of sp³-hybridized carbons (Fsp3) is 0.500. The molecule has 0 aromatic heterocycles. The van der Waals surface area contributed by atoms with Crippen molar-refractivity contribution in [2.75, 3.05) is 4.72 Å². The molecule has 0 heterocycles. The first-order chi connectivity index (χ1) is 15.8. The maximum absolute atomic E-state index is 14.2. The second-order valence-corrected chi connectivity index (χ2v) is 11.6. The highest BCUT2D eigenvalue weighted by Gasteiger charge is 2.51. The van der Waals surface area contributed by atoms with Crippen LogP contribution in [0.2, 0.25) is 0 Å². The lowest BCUT2D eigenvalue weighted by Crippen LogP contribution is -2.39. The zero-order valence-corrected chi connectivity index (χ0v) is 19.4. The van der Waals surface area contributed by atoms with Crippen LogP contribution in [0, 0.1) is 17.6 Å². The number of Topliss-reactive ketones (excluding diaryl/α,β-unsaturated/α-hetero) is 1. The number of hydrogen-bond donors (Lipinski definition) is 1. The normalized spacial score (nSPS) is 20.0. The second-order valence-electron chi connectivity index (χ2n) is 9.92. The monoisotopic (exact) mass is 473 g/mol. The third-order valence-electron chi connectivity index (χ3n) is 7.92. The van der Waals surface area contributed by atoms with Crippen LogP contribution in [0.25, 0.3) is 0 Å². The molecule has 0 aliphatic heterocycles. The molecule has 7 heteroatoms. The van der Waals surface area contributed by atoms with Crippen molar-refractivity contribution in [2.45, 2.75) is 80.9 Å². The first kappa shape index (κ1) is 22.5. The first-order valence-corrected chi connectivity index (χ1v) is 13.4. The van der Waals surface area contributed by atoms with Gasteiger partial charge in [-0.3, -0.25) is 9.52 Å². The highest BCUT2D eigenvalue weighted by molar-refractivity contribution is 7.92. The molecule has 0 radical (unpaired) electrons. The summed E-state index contributed by atoms with van der Waals surface area (Å²) in [5.74, 6) is -1.07. The van der Waals surface area contributed by atoms with Gasteiger partial charge in [0.15, 0.2) is 0 Å². The standard InChI is InChI=1S/C26H29F2NO3S/c27-19-9-10-24(23(28)14-19)33(31,32)29-20-13-18(8-7-17-5-2-1-3-6-17)21-16-25(30)26(11-4-12-26)22(21)15-20/h9-10,13-15,17,29H,1-8,11-12,16H2. The molecule has 2 aromatic rings. The molecule has 1 N–H and O–H groups in total. The fourth-order valence-corrected chi connectivity index (χ4v) is 7.05. The van der Waals surface area contributed by atoms with Gasteiger partial charge < -0.3 is 0 Å². The highest BCUT2D eigenvalue weighted by atomic mass is 32.2. The van der Waals surface area contributed by atoms with Crippen molar-refractivity contribution in [3.05, 3.63) is 58.7 Å². The van der Waals surface area contributed by atoms with Crippen LogP contribution in [0.3, 0.4) is 0 Å². The number of nitrogens with one attached hydrogen (secondary N) is 1. The van der Waals surface area contributed by atoms with E-state index in [2.05, 4.69) is 4.72 Å². The van der Waals surface area contributed by atoms with E-state index in [1.165, 1.54) is 32.1 Å². The zero-order chi connectivity index (χ0) is 23.2. The maximum Gasteiger partial charge on any atom is 0.264 e. The lowest BCUT2D eigenvalue weighted by Gasteiger charge is -2.38. The molecule has 0 unspecified atom stereocenters. The number of anilines is 1. The van der Waals surface area contributed by atoms with Gasteiger partial charge in [0.05, 0.1) is 5.41 Å². The molecule has 0 bridgehead atoms. The van der Waals surface area contributed by atoms with Crippen molar-refractivity contribution in [1.29, 1.82) is 0 Å². The molecule has 1 spiro atoms. The molecular formula is C26H29F2NO3S. The summed E-state index contributed by atoms with van der Waals surface area (Å²) < 4.78 is 55.8. The molecule has 0 atom stereocenters. The SMILES string of the molecule is O=C1Cc2c(CCC3CCCCC3)cc(NS(=O)(=O)c3ccc(F)cc3F)cc2C12CCC2. The Hall–Kier alpha value is -2.28. The number of halogens is 2. The van der Waals surface area contributed by atoms with Gasteiger partial charge in [-0.2, -0.15) is 0 Å². The van der Waals surface area contributed by atoms with Gasteiger partial charge in [0, 0.05) is 18.2 Å². The van der Waals surface area contributed by atoms with Crippen LogP contribution in [0.1, 0.15) is 74.5 Å². The Morgan fingerprint density at radius 2 is 1.76 bits per heavy atom. The number of rotatable bonds is 6. The molecule has 0 saturated heterocycles. The van der Waals surface area contributed by atoms with Crippen LogP contribution in [-0.4, -0.2) is 14.2 Å². The molecule has 176 valence electrons. The van der Waals surface area contributed by atoms with Crippen LogP contribution in [0.15, 0.2) is 35.2 Å². The Morgan fingerprint density at radius 3 is 2.42 bits per heavy atom. The van der Waals surface area contributed by atoms with Crippen molar-refractivity contribution in [3.63, 3.8) is 0 Å².